The van der Waals surface area contributed by atoms with Crippen molar-refractivity contribution in [3.8, 4) is 0 Å². The lowest BCUT2D eigenvalue weighted by molar-refractivity contribution is 0.666. The summed E-state index contributed by atoms with van der Waals surface area (Å²) in [7, 11) is 0. The summed E-state index contributed by atoms with van der Waals surface area (Å²) in [6.07, 6.45) is 12.2. The van der Waals surface area contributed by atoms with Crippen LogP contribution in [-0.2, 0) is 0 Å². The van der Waals surface area contributed by atoms with Gasteiger partial charge in [-0.05, 0) is 63.5 Å². The highest BCUT2D eigenvalue weighted by Crippen LogP contribution is 2.36. The number of aliphatic imine (C=N–C) groups is 2. The molecule has 2 saturated carbocycles. The molecule has 2 aliphatic rings. The van der Waals surface area contributed by atoms with Gasteiger partial charge in [-0.2, -0.15) is 0 Å². The molecule has 0 saturated heterocycles. The number of rotatable bonds is 2. The zero-order valence-electron chi connectivity index (χ0n) is 13.0. The van der Waals surface area contributed by atoms with Crippen LogP contribution in [0.5, 0.6) is 0 Å². The summed E-state index contributed by atoms with van der Waals surface area (Å²) in [4.78, 5) is 11.5. The van der Waals surface area contributed by atoms with E-state index in [9.17, 15) is 0 Å². The third-order valence-electron chi connectivity index (χ3n) is 4.49. The number of nitrogens with zero attached hydrogens (tertiary/aromatic N) is 2. The molecule has 0 aliphatic heterocycles. The van der Waals surface area contributed by atoms with E-state index in [2.05, 4.69) is 31.3 Å². The minimum Gasteiger partial charge on any atom is -0.257 e. The molecule has 2 fully saturated rings. The first-order valence-electron chi connectivity index (χ1n) is 8.41. The van der Waals surface area contributed by atoms with Gasteiger partial charge in [0.15, 0.2) is 0 Å². The Labute approximate surface area is 144 Å². The molecule has 4 heteroatoms. The van der Waals surface area contributed by atoms with Crippen molar-refractivity contribution in [2.75, 3.05) is 0 Å². The number of thiol groups is 2. The molecule has 1 aromatic rings. The molecule has 0 N–H and O–H groups in total. The van der Waals surface area contributed by atoms with E-state index < -0.39 is 0 Å². The first kappa shape index (κ1) is 16.1. The van der Waals surface area contributed by atoms with Gasteiger partial charge in [0.25, 0.3) is 0 Å². The molecule has 0 radical (unpaired) electrons. The van der Waals surface area contributed by atoms with Crippen LogP contribution < -0.4 is 0 Å². The van der Waals surface area contributed by atoms with Gasteiger partial charge in [-0.3, -0.25) is 9.98 Å². The van der Waals surface area contributed by atoms with Crippen LogP contribution in [0, 0.1) is 0 Å². The minimum absolute atomic E-state index is 0.899. The predicted octanol–water partition coefficient (Wildman–Crippen LogP) is 6.34. The van der Waals surface area contributed by atoms with Crippen LogP contribution in [0.1, 0.15) is 64.2 Å². The molecular formula is C18H24N2S2. The van der Waals surface area contributed by atoms with Crippen LogP contribution in [0.25, 0.3) is 0 Å². The Balaban J connectivity index is 1.89. The lowest BCUT2D eigenvalue weighted by Gasteiger charge is -2.15. The highest BCUT2D eigenvalue weighted by atomic mass is 32.1. The smallest absolute Gasteiger partial charge is 0.0784 e. The summed E-state index contributed by atoms with van der Waals surface area (Å²) in [5, 5.41) is 0. The average molecular weight is 333 g/mol. The second kappa shape index (κ2) is 7.69. The summed E-state index contributed by atoms with van der Waals surface area (Å²) in [5.74, 6) is 0. The maximum atomic E-state index is 4.85. The molecule has 0 bridgehead atoms. The summed E-state index contributed by atoms with van der Waals surface area (Å²) in [6, 6.07) is 4.05. The van der Waals surface area contributed by atoms with Crippen molar-refractivity contribution in [2.24, 2.45) is 9.98 Å². The van der Waals surface area contributed by atoms with Gasteiger partial charge in [-0.25, -0.2) is 0 Å². The summed E-state index contributed by atoms with van der Waals surface area (Å²) in [5.41, 5.74) is 4.52. The van der Waals surface area contributed by atoms with Crippen LogP contribution in [0.3, 0.4) is 0 Å². The van der Waals surface area contributed by atoms with Crippen molar-refractivity contribution < 1.29 is 0 Å². The minimum atomic E-state index is 0.899. The first-order chi connectivity index (χ1) is 10.7. The van der Waals surface area contributed by atoms with Crippen LogP contribution in [0.15, 0.2) is 31.9 Å². The highest BCUT2D eigenvalue weighted by Gasteiger charge is 2.11. The van der Waals surface area contributed by atoms with Gasteiger partial charge in [0.1, 0.15) is 0 Å². The first-order valence-corrected chi connectivity index (χ1v) is 9.30. The van der Waals surface area contributed by atoms with Crippen LogP contribution in [-0.4, -0.2) is 11.4 Å². The molecule has 2 nitrogen and oxygen atoms in total. The zero-order chi connectivity index (χ0) is 15.4. The van der Waals surface area contributed by atoms with Gasteiger partial charge in [0, 0.05) is 21.2 Å². The summed E-state index contributed by atoms with van der Waals surface area (Å²) in [6.45, 7) is 0. The fourth-order valence-electron chi connectivity index (χ4n) is 3.22. The summed E-state index contributed by atoms with van der Waals surface area (Å²) >= 11 is 9.15. The lowest BCUT2D eigenvalue weighted by Crippen LogP contribution is -2.04. The van der Waals surface area contributed by atoms with E-state index in [-0.39, 0.29) is 0 Å². The van der Waals surface area contributed by atoms with Crippen LogP contribution in [0.2, 0.25) is 0 Å². The third kappa shape index (κ3) is 4.17. The molecule has 0 atom stereocenters. The Hall–Kier alpha value is -0.740. The predicted molar refractivity (Wildman–Crippen MR) is 101 cm³/mol. The Morgan fingerprint density at radius 1 is 0.591 bits per heavy atom. The van der Waals surface area contributed by atoms with Gasteiger partial charge >= 0.3 is 0 Å². The van der Waals surface area contributed by atoms with Gasteiger partial charge in [-0.1, -0.05) is 12.8 Å². The van der Waals surface area contributed by atoms with Crippen LogP contribution in [0.4, 0.5) is 11.4 Å². The maximum Gasteiger partial charge on any atom is 0.0784 e. The molecular weight excluding hydrogens is 308 g/mol. The van der Waals surface area contributed by atoms with Crippen molar-refractivity contribution in [1.29, 1.82) is 0 Å². The van der Waals surface area contributed by atoms with E-state index in [1.807, 2.05) is 6.07 Å². The molecule has 1 aromatic carbocycles. The quantitative estimate of drug-likeness (QED) is 0.591. The fourth-order valence-corrected chi connectivity index (χ4v) is 3.81. The largest absolute Gasteiger partial charge is 0.257 e. The average Bonchev–Trinajstić information content (AvgIpc) is 2.54. The molecule has 0 aromatic heterocycles. The van der Waals surface area contributed by atoms with E-state index in [1.54, 1.807) is 0 Å². The highest BCUT2D eigenvalue weighted by molar-refractivity contribution is 7.81. The Morgan fingerprint density at radius 3 is 1.41 bits per heavy atom. The zero-order valence-corrected chi connectivity index (χ0v) is 14.8. The normalized spacial score (nSPS) is 19.2. The van der Waals surface area contributed by atoms with Crippen molar-refractivity contribution in [2.45, 2.75) is 74.0 Å². The van der Waals surface area contributed by atoms with E-state index in [0.29, 0.717) is 0 Å². The van der Waals surface area contributed by atoms with Gasteiger partial charge in [0.05, 0.1) is 11.4 Å². The Bertz CT molecular complexity index is 540. The molecule has 0 unspecified atom stereocenters. The van der Waals surface area contributed by atoms with E-state index in [0.717, 1.165) is 46.8 Å². The number of benzene rings is 1. The molecule has 22 heavy (non-hydrogen) atoms. The van der Waals surface area contributed by atoms with Gasteiger partial charge in [0.2, 0.25) is 0 Å². The molecule has 0 heterocycles. The lowest BCUT2D eigenvalue weighted by atomic mass is 9.98. The molecule has 3 rings (SSSR count). The Morgan fingerprint density at radius 2 is 1.00 bits per heavy atom. The maximum absolute atomic E-state index is 4.85. The number of hydrogen-bond acceptors (Lipinski definition) is 4. The molecule has 118 valence electrons. The molecule has 0 amide bonds. The summed E-state index contributed by atoms with van der Waals surface area (Å²) < 4.78 is 0. The topological polar surface area (TPSA) is 24.7 Å². The monoisotopic (exact) mass is 332 g/mol. The standard InChI is InChI=1S/C18H24N2S2/c21-17-12-18(22)16(20-14-9-5-2-6-10-14)11-15(17)19-13-7-3-1-4-8-13/h11-12,21-22H,1-10H2. The van der Waals surface area contributed by atoms with Crippen LogP contribution >= 0.6 is 25.3 Å². The van der Waals surface area contributed by atoms with Gasteiger partial charge < -0.3 is 0 Å². The van der Waals surface area contributed by atoms with E-state index in [1.165, 1.54) is 49.9 Å². The SMILES string of the molecule is Sc1cc(S)c(N=C2CCCCC2)cc1N=C1CCCCC1. The third-order valence-corrected chi connectivity index (χ3v) is 5.21. The van der Waals surface area contributed by atoms with Crippen molar-refractivity contribution in [3.63, 3.8) is 0 Å². The molecule has 2 aliphatic carbocycles. The van der Waals surface area contributed by atoms with Crippen molar-refractivity contribution in [1.82, 2.24) is 0 Å². The fraction of sp³-hybridized carbons (Fsp3) is 0.556. The van der Waals surface area contributed by atoms with E-state index in [4.69, 9.17) is 9.98 Å². The Kier molecular flexibility index (Phi) is 5.64. The van der Waals surface area contributed by atoms with E-state index >= 15 is 0 Å². The molecule has 0 spiro atoms. The van der Waals surface area contributed by atoms with Gasteiger partial charge in [-0.15, -0.1) is 25.3 Å². The number of hydrogen-bond donors (Lipinski definition) is 2. The van der Waals surface area contributed by atoms with Crippen molar-refractivity contribution in [3.05, 3.63) is 12.1 Å². The second-order valence-corrected chi connectivity index (χ2v) is 7.27. The second-order valence-electron chi connectivity index (χ2n) is 6.31. The van der Waals surface area contributed by atoms with Crippen molar-refractivity contribution >= 4 is 48.1 Å².